The summed E-state index contributed by atoms with van der Waals surface area (Å²) >= 11 is 0. The van der Waals surface area contributed by atoms with E-state index in [1.54, 1.807) is 21.3 Å². The van der Waals surface area contributed by atoms with Gasteiger partial charge in [0.1, 0.15) is 11.5 Å². The second kappa shape index (κ2) is 5.32. The highest BCUT2D eigenvalue weighted by atomic mass is 16.5. The molecular weight excluding hydrogens is 244 g/mol. The molecule has 5 nitrogen and oxygen atoms in total. The number of aromatic nitrogens is 1. The van der Waals surface area contributed by atoms with E-state index in [4.69, 9.17) is 9.47 Å². The van der Waals surface area contributed by atoms with Gasteiger partial charge in [0, 0.05) is 18.8 Å². The number of nitrogens with one attached hydrogen (secondary N) is 1. The van der Waals surface area contributed by atoms with Crippen molar-refractivity contribution in [3.05, 3.63) is 23.9 Å². The summed E-state index contributed by atoms with van der Waals surface area (Å²) in [6.45, 7) is 0.291. The van der Waals surface area contributed by atoms with Gasteiger partial charge in [-0.3, -0.25) is 4.79 Å². The lowest BCUT2D eigenvalue weighted by Gasteiger charge is -2.08. The van der Waals surface area contributed by atoms with Gasteiger partial charge in [-0.25, -0.2) is 0 Å². The number of carbonyl (C=O) groups is 1. The molecule has 0 aliphatic rings. The Morgan fingerprint density at radius 2 is 1.89 bits per heavy atom. The van der Waals surface area contributed by atoms with Crippen LogP contribution in [0.5, 0.6) is 11.5 Å². The zero-order valence-electron chi connectivity index (χ0n) is 11.6. The zero-order valence-corrected chi connectivity index (χ0v) is 11.6. The number of carbonyl (C=O) groups excluding carboxylic acids is 1. The minimum absolute atomic E-state index is 0.0275. The Bertz CT molecular complexity index is 617. The molecule has 0 unspecified atom stereocenters. The zero-order chi connectivity index (χ0) is 14.0. The highest BCUT2D eigenvalue weighted by Crippen LogP contribution is 2.36. The number of benzene rings is 1. The lowest BCUT2D eigenvalue weighted by atomic mass is 10.1. The Morgan fingerprint density at radius 3 is 2.47 bits per heavy atom. The number of nitrogens with zero attached hydrogens (tertiary/aromatic N) is 1. The predicted molar refractivity (Wildman–Crippen MR) is 74.3 cm³/mol. The topological polar surface area (TPSA) is 52.5 Å². The first-order valence-electron chi connectivity index (χ1n) is 6.01. The standard InChI is InChI=1S/C14H18N2O3/c1-15-7-10(17)9-8-16(2)14-12(19-4)6-5-11(18-3)13(9)14/h5-6,8,15H,7H2,1-4H3. The van der Waals surface area contributed by atoms with Crippen molar-refractivity contribution in [2.75, 3.05) is 27.8 Å². The van der Waals surface area contributed by atoms with Crippen LogP contribution in [0.3, 0.4) is 0 Å². The molecule has 0 aliphatic heterocycles. The van der Waals surface area contributed by atoms with Gasteiger partial charge in [0.05, 0.1) is 31.7 Å². The molecule has 0 amide bonds. The Labute approximate surface area is 112 Å². The van der Waals surface area contributed by atoms with Gasteiger partial charge in [-0.15, -0.1) is 0 Å². The van der Waals surface area contributed by atoms with Gasteiger partial charge in [0.15, 0.2) is 5.78 Å². The second-order valence-electron chi connectivity index (χ2n) is 4.30. The fourth-order valence-corrected chi connectivity index (χ4v) is 2.29. The van der Waals surface area contributed by atoms with Crippen molar-refractivity contribution in [2.45, 2.75) is 0 Å². The number of aryl methyl sites for hydroxylation is 1. The average Bonchev–Trinajstić information content (AvgIpc) is 2.77. The van der Waals surface area contributed by atoms with Crippen LogP contribution in [-0.4, -0.2) is 38.2 Å². The molecule has 0 radical (unpaired) electrons. The van der Waals surface area contributed by atoms with E-state index in [0.29, 0.717) is 17.9 Å². The predicted octanol–water partition coefficient (Wildman–Crippen LogP) is 1.60. The lowest BCUT2D eigenvalue weighted by molar-refractivity contribution is 0.0995. The highest BCUT2D eigenvalue weighted by molar-refractivity contribution is 6.12. The summed E-state index contributed by atoms with van der Waals surface area (Å²) in [5.41, 5.74) is 1.50. The summed E-state index contributed by atoms with van der Waals surface area (Å²) < 4.78 is 12.6. The summed E-state index contributed by atoms with van der Waals surface area (Å²) in [6, 6.07) is 3.66. The Hall–Kier alpha value is -2.01. The van der Waals surface area contributed by atoms with Crippen LogP contribution in [0.4, 0.5) is 0 Å². The third-order valence-electron chi connectivity index (χ3n) is 3.13. The molecular formula is C14H18N2O3. The van der Waals surface area contributed by atoms with Crippen LogP contribution in [0.2, 0.25) is 0 Å². The van der Waals surface area contributed by atoms with Crippen LogP contribution < -0.4 is 14.8 Å². The molecule has 0 saturated heterocycles. The summed E-state index contributed by atoms with van der Waals surface area (Å²) in [5, 5.41) is 3.67. The van der Waals surface area contributed by atoms with Gasteiger partial charge in [-0.2, -0.15) is 0 Å². The van der Waals surface area contributed by atoms with Gasteiger partial charge >= 0.3 is 0 Å². The number of fused-ring (bicyclic) bond motifs is 1. The number of Topliss-reactive ketones (excluding diaryl/α,β-unsaturated/α-hetero) is 1. The fourth-order valence-electron chi connectivity index (χ4n) is 2.29. The maximum Gasteiger partial charge on any atom is 0.178 e. The molecule has 1 heterocycles. The van der Waals surface area contributed by atoms with Gasteiger partial charge in [0.25, 0.3) is 0 Å². The van der Waals surface area contributed by atoms with Crippen LogP contribution >= 0.6 is 0 Å². The second-order valence-corrected chi connectivity index (χ2v) is 4.30. The molecule has 0 spiro atoms. The molecule has 0 atom stereocenters. The lowest BCUT2D eigenvalue weighted by Crippen LogP contribution is -2.18. The summed E-state index contributed by atoms with van der Waals surface area (Å²) in [7, 11) is 6.85. The van der Waals surface area contributed by atoms with E-state index in [-0.39, 0.29) is 5.78 Å². The largest absolute Gasteiger partial charge is 0.496 e. The molecule has 0 saturated carbocycles. The highest BCUT2D eigenvalue weighted by Gasteiger charge is 2.19. The van der Waals surface area contributed by atoms with Gasteiger partial charge in [-0.1, -0.05) is 0 Å². The van der Waals surface area contributed by atoms with Crippen molar-refractivity contribution < 1.29 is 14.3 Å². The maximum atomic E-state index is 12.2. The van der Waals surface area contributed by atoms with E-state index in [2.05, 4.69) is 5.32 Å². The first-order valence-corrected chi connectivity index (χ1v) is 6.01. The maximum absolute atomic E-state index is 12.2. The van der Waals surface area contributed by atoms with Crippen LogP contribution in [0, 0.1) is 0 Å². The number of hydrogen-bond acceptors (Lipinski definition) is 4. The average molecular weight is 262 g/mol. The number of likely N-dealkylation sites (N-methyl/N-ethyl adjacent to an activating group) is 1. The molecule has 0 aliphatic carbocycles. The molecule has 5 heteroatoms. The summed E-state index contributed by atoms with van der Waals surface area (Å²) in [6.07, 6.45) is 1.81. The Kier molecular flexibility index (Phi) is 3.76. The number of methoxy groups -OCH3 is 2. The first kappa shape index (κ1) is 13.4. The molecule has 102 valence electrons. The van der Waals surface area contributed by atoms with Crippen molar-refractivity contribution >= 4 is 16.7 Å². The number of ether oxygens (including phenoxy) is 2. The third kappa shape index (κ3) is 2.17. The van der Waals surface area contributed by atoms with Gasteiger partial charge in [-0.05, 0) is 19.2 Å². The normalized spacial score (nSPS) is 10.7. The molecule has 0 bridgehead atoms. The molecule has 1 aromatic carbocycles. The molecule has 2 rings (SSSR count). The van der Waals surface area contributed by atoms with E-state index < -0.39 is 0 Å². The van der Waals surface area contributed by atoms with Gasteiger partial charge in [0.2, 0.25) is 0 Å². The van der Waals surface area contributed by atoms with E-state index in [1.165, 1.54) is 0 Å². The first-order chi connectivity index (χ1) is 9.13. The van der Waals surface area contributed by atoms with Crippen molar-refractivity contribution in [1.29, 1.82) is 0 Å². The van der Waals surface area contributed by atoms with Crippen molar-refractivity contribution in [1.82, 2.24) is 9.88 Å². The Balaban J connectivity index is 2.76. The SMILES string of the molecule is CNCC(=O)c1cn(C)c2c(OC)ccc(OC)c12. The third-order valence-corrected chi connectivity index (χ3v) is 3.13. The van der Waals surface area contributed by atoms with Crippen LogP contribution in [0.15, 0.2) is 18.3 Å². The molecule has 19 heavy (non-hydrogen) atoms. The molecule has 2 aromatic rings. The quantitative estimate of drug-likeness (QED) is 0.832. The van der Waals surface area contributed by atoms with Crippen molar-refractivity contribution in [2.24, 2.45) is 7.05 Å². The van der Waals surface area contributed by atoms with Crippen LogP contribution in [0.25, 0.3) is 10.9 Å². The van der Waals surface area contributed by atoms with Crippen molar-refractivity contribution in [3.63, 3.8) is 0 Å². The van der Waals surface area contributed by atoms with Crippen LogP contribution in [-0.2, 0) is 7.05 Å². The molecule has 1 N–H and O–H groups in total. The number of hydrogen-bond donors (Lipinski definition) is 1. The fraction of sp³-hybridized carbons (Fsp3) is 0.357. The van der Waals surface area contributed by atoms with E-state index in [9.17, 15) is 4.79 Å². The summed E-state index contributed by atoms with van der Waals surface area (Å²) in [4.78, 5) is 12.2. The Morgan fingerprint density at radius 1 is 1.26 bits per heavy atom. The van der Waals surface area contributed by atoms with Gasteiger partial charge < -0.3 is 19.4 Å². The number of rotatable bonds is 5. The van der Waals surface area contributed by atoms with Crippen LogP contribution in [0.1, 0.15) is 10.4 Å². The molecule has 0 fully saturated rings. The van der Waals surface area contributed by atoms with Crippen molar-refractivity contribution in [3.8, 4) is 11.5 Å². The van der Waals surface area contributed by atoms with E-state index in [0.717, 1.165) is 16.7 Å². The monoisotopic (exact) mass is 262 g/mol. The summed E-state index contributed by atoms with van der Waals surface area (Å²) in [5.74, 6) is 1.43. The number of ketones is 1. The smallest absolute Gasteiger partial charge is 0.178 e. The minimum Gasteiger partial charge on any atom is -0.496 e. The minimum atomic E-state index is 0.0275. The molecule has 1 aromatic heterocycles. The van der Waals surface area contributed by atoms with E-state index in [1.807, 2.05) is 29.9 Å². The van der Waals surface area contributed by atoms with E-state index >= 15 is 0 Å².